The number of carbonyl (C=O) groups excluding carboxylic acids is 1. The fraction of sp³-hybridized carbons (Fsp3) is 0.391. The minimum Gasteiger partial charge on any atom is -0.372 e. The Bertz CT molecular complexity index is 847. The van der Waals surface area contributed by atoms with Gasteiger partial charge in [0.15, 0.2) is 5.96 Å². The van der Waals surface area contributed by atoms with E-state index in [0.717, 1.165) is 31.2 Å². The van der Waals surface area contributed by atoms with Gasteiger partial charge in [-0.3, -0.25) is 4.79 Å². The lowest BCUT2D eigenvalue weighted by molar-refractivity contribution is 0.100. The van der Waals surface area contributed by atoms with Crippen LogP contribution in [-0.4, -0.2) is 31.5 Å². The normalized spacial score (nSPS) is 14.7. The standard InChI is InChI=1S/C23H31N5O.HI/c1-3-25-23(26-16-18-9-11-19(12-10-18)22(24)29)27-17(2)20-7-6-8-21(15-20)28-13-4-5-14-28;/h6-12,15,17H,3-5,13-14,16H2,1-2H3,(H2,24,29)(H2,25,26,27);1H. The van der Waals surface area contributed by atoms with Crippen molar-refractivity contribution in [1.29, 1.82) is 0 Å². The van der Waals surface area contributed by atoms with Gasteiger partial charge in [0, 0.05) is 30.9 Å². The number of nitrogens with two attached hydrogens (primary N) is 1. The van der Waals surface area contributed by atoms with Crippen LogP contribution in [0.2, 0.25) is 0 Å². The molecule has 7 heteroatoms. The first kappa shape index (κ1) is 24.0. The molecule has 0 bridgehead atoms. The number of aliphatic imine (C=N–C) groups is 1. The topological polar surface area (TPSA) is 82.7 Å². The Kier molecular flexibility index (Phi) is 9.42. The summed E-state index contributed by atoms with van der Waals surface area (Å²) in [4.78, 5) is 18.3. The summed E-state index contributed by atoms with van der Waals surface area (Å²) < 4.78 is 0. The first-order valence-electron chi connectivity index (χ1n) is 10.4. The molecule has 0 radical (unpaired) electrons. The van der Waals surface area contributed by atoms with Gasteiger partial charge >= 0.3 is 0 Å². The average molecular weight is 521 g/mol. The number of halogens is 1. The molecule has 1 aliphatic heterocycles. The minimum absolute atomic E-state index is 0. The maximum absolute atomic E-state index is 11.2. The molecule has 2 aromatic rings. The molecule has 2 aromatic carbocycles. The molecule has 4 N–H and O–H groups in total. The van der Waals surface area contributed by atoms with Gasteiger partial charge in [-0.15, -0.1) is 24.0 Å². The summed E-state index contributed by atoms with van der Waals surface area (Å²) in [6.07, 6.45) is 2.55. The molecule has 0 spiro atoms. The summed E-state index contributed by atoms with van der Waals surface area (Å²) in [5.74, 6) is 0.352. The molecule has 30 heavy (non-hydrogen) atoms. The number of carbonyl (C=O) groups is 1. The van der Waals surface area contributed by atoms with Crippen molar-refractivity contribution in [3.05, 3.63) is 65.2 Å². The number of anilines is 1. The molecule has 1 heterocycles. The number of hydrogen-bond acceptors (Lipinski definition) is 3. The van der Waals surface area contributed by atoms with Gasteiger partial charge in [-0.05, 0) is 62.1 Å². The Morgan fingerprint density at radius 2 is 1.87 bits per heavy atom. The largest absolute Gasteiger partial charge is 0.372 e. The Hall–Kier alpha value is -2.29. The van der Waals surface area contributed by atoms with E-state index in [1.54, 1.807) is 12.1 Å². The first-order chi connectivity index (χ1) is 14.1. The van der Waals surface area contributed by atoms with Crippen molar-refractivity contribution in [3.8, 4) is 0 Å². The van der Waals surface area contributed by atoms with Gasteiger partial charge in [-0.1, -0.05) is 24.3 Å². The predicted octanol–water partition coefficient (Wildman–Crippen LogP) is 3.82. The second kappa shape index (κ2) is 11.8. The van der Waals surface area contributed by atoms with Gasteiger partial charge in [0.1, 0.15) is 0 Å². The first-order valence-corrected chi connectivity index (χ1v) is 10.4. The Morgan fingerprint density at radius 1 is 1.17 bits per heavy atom. The number of primary amides is 1. The van der Waals surface area contributed by atoms with E-state index in [0.29, 0.717) is 12.1 Å². The number of nitrogens with one attached hydrogen (secondary N) is 2. The third-order valence-corrected chi connectivity index (χ3v) is 5.20. The maximum atomic E-state index is 11.2. The van der Waals surface area contributed by atoms with Crippen molar-refractivity contribution in [2.75, 3.05) is 24.5 Å². The van der Waals surface area contributed by atoms with Crippen molar-refractivity contribution in [2.24, 2.45) is 10.7 Å². The molecule has 162 valence electrons. The monoisotopic (exact) mass is 521 g/mol. The second-order valence-electron chi connectivity index (χ2n) is 7.41. The van der Waals surface area contributed by atoms with Crippen LogP contribution in [0.15, 0.2) is 53.5 Å². The highest BCUT2D eigenvalue weighted by atomic mass is 127. The van der Waals surface area contributed by atoms with E-state index in [2.05, 4.69) is 53.6 Å². The molecule has 1 fully saturated rings. The van der Waals surface area contributed by atoms with Crippen LogP contribution in [-0.2, 0) is 6.54 Å². The minimum atomic E-state index is -0.417. The lowest BCUT2D eigenvalue weighted by Crippen LogP contribution is -2.38. The van der Waals surface area contributed by atoms with Crippen LogP contribution >= 0.6 is 24.0 Å². The van der Waals surface area contributed by atoms with Crippen LogP contribution in [0, 0.1) is 0 Å². The van der Waals surface area contributed by atoms with E-state index in [1.165, 1.54) is 24.1 Å². The number of rotatable bonds is 7. The smallest absolute Gasteiger partial charge is 0.248 e. The van der Waals surface area contributed by atoms with Gasteiger partial charge in [0.2, 0.25) is 5.91 Å². The van der Waals surface area contributed by atoms with Gasteiger partial charge in [-0.25, -0.2) is 4.99 Å². The highest BCUT2D eigenvalue weighted by molar-refractivity contribution is 14.0. The summed E-state index contributed by atoms with van der Waals surface area (Å²) in [6.45, 7) is 7.80. The molecule has 1 atom stereocenters. The van der Waals surface area contributed by atoms with Crippen LogP contribution in [0.4, 0.5) is 5.69 Å². The molecule has 1 amide bonds. The molecule has 0 saturated carbocycles. The average Bonchev–Trinajstić information content (AvgIpc) is 3.27. The molecule has 0 aliphatic carbocycles. The van der Waals surface area contributed by atoms with Crippen molar-refractivity contribution in [2.45, 2.75) is 39.3 Å². The van der Waals surface area contributed by atoms with Crippen LogP contribution < -0.4 is 21.3 Å². The SMILES string of the molecule is CCNC(=NCc1ccc(C(N)=O)cc1)NC(C)c1cccc(N2CCCC2)c1.I. The van der Waals surface area contributed by atoms with E-state index in [1.807, 2.05) is 12.1 Å². The molecule has 6 nitrogen and oxygen atoms in total. The summed E-state index contributed by atoms with van der Waals surface area (Å²) in [5.41, 5.74) is 9.37. The number of benzene rings is 2. The van der Waals surface area contributed by atoms with Crippen LogP contribution in [0.5, 0.6) is 0 Å². The van der Waals surface area contributed by atoms with Gasteiger partial charge < -0.3 is 21.3 Å². The Morgan fingerprint density at radius 3 is 2.50 bits per heavy atom. The lowest BCUT2D eigenvalue weighted by Gasteiger charge is -2.22. The summed E-state index contributed by atoms with van der Waals surface area (Å²) in [5, 5.41) is 6.81. The van der Waals surface area contributed by atoms with Crippen molar-refractivity contribution in [3.63, 3.8) is 0 Å². The fourth-order valence-electron chi connectivity index (χ4n) is 3.52. The molecule has 1 aliphatic rings. The quantitative estimate of drug-likeness (QED) is 0.294. The van der Waals surface area contributed by atoms with Crippen LogP contribution in [0.1, 0.15) is 54.2 Å². The van der Waals surface area contributed by atoms with Gasteiger partial charge in [-0.2, -0.15) is 0 Å². The van der Waals surface area contributed by atoms with Gasteiger partial charge in [0.05, 0.1) is 12.6 Å². The number of hydrogen-bond donors (Lipinski definition) is 3. The number of amides is 1. The highest BCUT2D eigenvalue weighted by Crippen LogP contribution is 2.24. The maximum Gasteiger partial charge on any atom is 0.248 e. The molecule has 0 aromatic heterocycles. The molecule has 1 saturated heterocycles. The lowest BCUT2D eigenvalue weighted by atomic mass is 10.1. The number of nitrogens with zero attached hydrogens (tertiary/aromatic N) is 2. The van der Waals surface area contributed by atoms with E-state index < -0.39 is 5.91 Å². The van der Waals surface area contributed by atoms with Crippen LogP contribution in [0.25, 0.3) is 0 Å². The molecular formula is C23H32IN5O. The molecule has 3 rings (SSSR count). The van der Waals surface area contributed by atoms with Gasteiger partial charge in [0.25, 0.3) is 0 Å². The van der Waals surface area contributed by atoms with Crippen molar-refractivity contribution in [1.82, 2.24) is 10.6 Å². The predicted molar refractivity (Wildman–Crippen MR) is 135 cm³/mol. The third kappa shape index (κ3) is 6.62. The molecule has 1 unspecified atom stereocenters. The van der Waals surface area contributed by atoms with Crippen LogP contribution in [0.3, 0.4) is 0 Å². The third-order valence-electron chi connectivity index (χ3n) is 5.20. The highest BCUT2D eigenvalue weighted by Gasteiger charge is 2.14. The summed E-state index contributed by atoms with van der Waals surface area (Å²) >= 11 is 0. The van der Waals surface area contributed by atoms with E-state index >= 15 is 0 Å². The second-order valence-corrected chi connectivity index (χ2v) is 7.41. The summed E-state index contributed by atoms with van der Waals surface area (Å²) in [7, 11) is 0. The van der Waals surface area contributed by atoms with Crippen molar-refractivity contribution < 1.29 is 4.79 Å². The Labute approximate surface area is 196 Å². The van der Waals surface area contributed by atoms with Crippen molar-refractivity contribution >= 4 is 41.5 Å². The van der Waals surface area contributed by atoms with E-state index in [4.69, 9.17) is 10.7 Å². The zero-order chi connectivity index (χ0) is 20.6. The van der Waals surface area contributed by atoms with E-state index in [-0.39, 0.29) is 30.0 Å². The molecular weight excluding hydrogens is 489 g/mol. The zero-order valence-electron chi connectivity index (χ0n) is 17.7. The zero-order valence-corrected chi connectivity index (χ0v) is 20.1. The number of guanidine groups is 1. The van der Waals surface area contributed by atoms with E-state index in [9.17, 15) is 4.79 Å². The fourth-order valence-corrected chi connectivity index (χ4v) is 3.52. The Balaban J connectivity index is 0.00000320. The summed E-state index contributed by atoms with van der Waals surface area (Å²) in [6, 6.07) is 16.1.